The van der Waals surface area contributed by atoms with Gasteiger partial charge in [0, 0.05) is 70.9 Å². The lowest BCUT2D eigenvalue weighted by atomic mass is 9.93. The number of hydrogen-bond donors (Lipinski definition) is 1. The summed E-state index contributed by atoms with van der Waals surface area (Å²) in [5.74, 6) is 0.637. The summed E-state index contributed by atoms with van der Waals surface area (Å²) >= 11 is 0. The number of ether oxygens (including phenoxy) is 3. The van der Waals surface area contributed by atoms with Crippen molar-refractivity contribution >= 4 is 16.6 Å². The summed E-state index contributed by atoms with van der Waals surface area (Å²) in [5, 5.41) is 11.7. The third-order valence-electron chi connectivity index (χ3n) is 6.43. The van der Waals surface area contributed by atoms with E-state index in [4.69, 9.17) is 14.2 Å². The van der Waals surface area contributed by atoms with E-state index in [9.17, 15) is 5.11 Å². The first kappa shape index (κ1) is 19.9. The van der Waals surface area contributed by atoms with E-state index in [2.05, 4.69) is 31.9 Å². The predicted molar refractivity (Wildman–Crippen MR) is 113 cm³/mol. The van der Waals surface area contributed by atoms with E-state index in [1.165, 1.54) is 0 Å². The van der Waals surface area contributed by atoms with Crippen molar-refractivity contribution in [2.75, 3.05) is 64.1 Å². The number of fused-ring (bicyclic) bond motifs is 1. The number of anilines is 1. The summed E-state index contributed by atoms with van der Waals surface area (Å²) in [5.41, 5.74) is 1.45. The van der Waals surface area contributed by atoms with E-state index in [1.807, 2.05) is 6.07 Å². The molecule has 0 bridgehead atoms. The highest BCUT2D eigenvalue weighted by Crippen LogP contribution is 2.29. The highest BCUT2D eigenvalue weighted by atomic mass is 16.5. The molecule has 8 heteroatoms. The van der Waals surface area contributed by atoms with Crippen molar-refractivity contribution < 1.29 is 19.3 Å². The molecule has 4 heterocycles. The zero-order valence-electron chi connectivity index (χ0n) is 17.3. The molecule has 5 rings (SSSR count). The van der Waals surface area contributed by atoms with E-state index < -0.39 is 5.60 Å². The highest BCUT2D eigenvalue weighted by molar-refractivity contribution is 5.86. The minimum absolute atomic E-state index is 0.0614. The summed E-state index contributed by atoms with van der Waals surface area (Å²) in [6.07, 6.45) is 3.98. The van der Waals surface area contributed by atoms with Crippen LogP contribution in [0, 0.1) is 0 Å². The molecular weight excluding hydrogens is 384 g/mol. The maximum absolute atomic E-state index is 10.8. The molecule has 3 saturated heterocycles. The molecule has 1 unspecified atom stereocenters. The average molecular weight is 415 g/mol. The molecule has 0 saturated carbocycles. The summed E-state index contributed by atoms with van der Waals surface area (Å²) in [6.45, 7) is 7.15. The van der Waals surface area contributed by atoms with Crippen molar-refractivity contribution in [2.45, 2.75) is 31.0 Å². The van der Waals surface area contributed by atoms with Gasteiger partial charge in [0.25, 0.3) is 0 Å². The molecule has 0 amide bonds. The van der Waals surface area contributed by atoms with Crippen LogP contribution in [-0.4, -0.2) is 90.8 Å². The Morgan fingerprint density at radius 1 is 1.07 bits per heavy atom. The summed E-state index contributed by atoms with van der Waals surface area (Å²) in [7, 11) is 0. The molecule has 0 aliphatic carbocycles. The average Bonchev–Trinajstić information content (AvgIpc) is 3.28. The highest BCUT2D eigenvalue weighted by Gasteiger charge is 2.33. The van der Waals surface area contributed by atoms with Gasteiger partial charge >= 0.3 is 0 Å². The van der Waals surface area contributed by atoms with Crippen LogP contribution < -0.4 is 9.64 Å². The maximum atomic E-state index is 10.8. The zero-order chi connectivity index (χ0) is 20.4. The van der Waals surface area contributed by atoms with Crippen LogP contribution in [0.1, 0.15) is 19.3 Å². The minimum Gasteiger partial charge on any atom is -0.471 e. The van der Waals surface area contributed by atoms with Crippen molar-refractivity contribution in [3.63, 3.8) is 0 Å². The Balaban J connectivity index is 1.26. The van der Waals surface area contributed by atoms with E-state index in [-0.39, 0.29) is 6.10 Å². The molecule has 3 fully saturated rings. The van der Waals surface area contributed by atoms with E-state index in [0.29, 0.717) is 25.7 Å². The van der Waals surface area contributed by atoms with Crippen LogP contribution in [0.3, 0.4) is 0 Å². The Kier molecular flexibility index (Phi) is 5.73. The van der Waals surface area contributed by atoms with Crippen LogP contribution in [0.4, 0.5) is 5.69 Å². The molecule has 1 N–H and O–H groups in total. The fourth-order valence-electron chi connectivity index (χ4n) is 4.57. The lowest BCUT2D eigenvalue weighted by Gasteiger charge is -2.41. The molecule has 1 atom stereocenters. The van der Waals surface area contributed by atoms with Crippen LogP contribution in [0.2, 0.25) is 0 Å². The Morgan fingerprint density at radius 3 is 2.67 bits per heavy atom. The molecule has 1 aromatic carbocycles. The molecule has 3 aliphatic rings. The molecular formula is C22H30N4O4. The first-order chi connectivity index (χ1) is 14.7. The van der Waals surface area contributed by atoms with Crippen LogP contribution >= 0.6 is 0 Å². The van der Waals surface area contributed by atoms with Gasteiger partial charge in [-0.3, -0.25) is 4.90 Å². The second-order valence-electron chi connectivity index (χ2n) is 8.58. The number of aromatic nitrogens is 2. The smallest absolute Gasteiger partial charge is 0.224 e. The van der Waals surface area contributed by atoms with Crippen molar-refractivity contribution in [1.29, 1.82) is 0 Å². The Bertz CT molecular complexity index is 859. The number of hydrogen-bond acceptors (Lipinski definition) is 8. The summed E-state index contributed by atoms with van der Waals surface area (Å²) < 4.78 is 16.9. The summed E-state index contributed by atoms with van der Waals surface area (Å²) in [4.78, 5) is 13.6. The number of piperazine rings is 1. The van der Waals surface area contributed by atoms with Crippen molar-refractivity contribution in [1.82, 2.24) is 14.9 Å². The van der Waals surface area contributed by atoms with Gasteiger partial charge in [0.2, 0.25) is 5.88 Å². The first-order valence-electron chi connectivity index (χ1n) is 11.0. The zero-order valence-corrected chi connectivity index (χ0v) is 17.3. The third-order valence-corrected chi connectivity index (χ3v) is 6.43. The number of nitrogens with zero attached hydrogens (tertiary/aromatic N) is 4. The number of rotatable bonds is 5. The van der Waals surface area contributed by atoms with Gasteiger partial charge in [0.05, 0.1) is 29.7 Å². The Morgan fingerprint density at radius 2 is 1.90 bits per heavy atom. The number of β-amino-alcohol motifs (C(OH)–C–C–N with tert-alkyl or cyclic N) is 1. The fraction of sp³-hybridized carbons (Fsp3) is 0.636. The van der Waals surface area contributed by atoms with Gasteiger partial charge in [0.1, 0.15) is 12.4 Å². The molecule has 162 valence electrons. The maximum Gasteiger partial charge on any atom is 0.224 e. The van der Waals surface area contributed by atoms with Crippen molar-refractivity contribution in [2.24, 2.45) is 0 Å². The van der Waals surface area contributed by atoms with Crippen LogP contribution in [0.25, 0.3) is 10.9 Å². The molecule has 8 nitrogen and oxygen atoms in total. The lowest BCUT2D eigenvalue weighted by molar-refractivity contribution is -0.0802. The first-order valence-corrected chi connectivity index (χ1v) is 11.0. The second kappa shape index (κ2) is 8.63. The van der Waals surface area contributed by atoms with E-state index in [0.717, 1.165) is 75.2 Å². The standard InChI is InChI=1S/C22H30N4O4/c27-22(4-11-28-12-5-22)15-25-6-8-26(9-7-25)17-1-2-20-19(13-17)21(24-16-23-20)30-18-3-10-29-14-18/h1-2,13,16,18,27H,3-12,14-15H2. The van der Waals surface area contributed by atoms with Crippen molar-refractivity contribution in [3.8, 4) is 5.88 Å². The SMILES string of the molecule is OC1(CN2CCN(c3ccc4ncnc(OC5CCOC5)c4c3)CC2)CCOCC1. The monoisotopic (exact) mass is 414 g/mol. The van der Waals surface area contributed by atoms with Gasteiger partial charge < -0.3 is 24.2 Å². The largest absolute Gasteiger partial charge is 0.471 e. The number of aliphatic hydroxyl groups is 1. The molecule has 30 heavy (non-hydrogen) atoms. The van der Waals surface area contributed by atoms with E-state index in [1.54, 1.807) is 6.33 Å². The molecule has 3 aliphatic heterocycles. The molecule has 2 aromatic rings. The van der Waals surface area contributed by atoms with E-state index >= 15 is 0 Å². The van der Waals surface area contributed by atoms with Gasteiger partial charge in [-0.05, 0) is 18.2 Å². The normalized spacial score (nSPS) is 25.0. The summed E-state index contributed by atoms with van der Waals surface area (Å²) in [6, 6.07) is 6.31. The van der Waals surface area contributed by atoms with Gasteiger partial charge in [-0.1, -0.05) is 0 Å². The predicted octanol–water partition coefficient (Wildman–Crippen LogP) is 1.46. The Labute approximate surface area is 176 Å². The quantitative estimate of drug-likeness (QED) is 0.788. The fourth-order valence-corrected chi connectivity index (χ4v) is 4.57. The van der Waals surface area contributed by atoms with Gasteiger partial charge in [-0.15, -0.1) is 0 Å². The topological polar surface area (TPSA) is 80.2 Å². The van der Waals surface area contributed by atoms with Crippen LogP contribution in [0.5, 0.6) is 5.88 Å². The van der Waals surface area contributed by atoms with Crippen LogP contribution in [-0.2, 0) is 9.47 Å². The molecule has 0 radical (unpaired) electrons. The Hall–Kier alpha value is -2.00. The van der Waals surface area contributed by atoms with Crippen LogP contribution in [0.15, 0.2) is 24.5 Å². The van der Waals surface area contributed by atoms with Gasteiger partial charge in [-0.2, -0.15) is 0 Å². The lowest BCUT2D eigenvalue weighted by Crippen LogP contribution is -2.53. The minimum atomic E-state index is -0.600. The third kappa shape index (κ3) is 4.37. The molecule has 0 spiro atoms. The second-order valence-corrected chi connectivity index (χ2v) is 8.58. The van der Waals surface area contributed by atoms with Gasteiger partial charge in [0.15, 0.2) is 0 Å². The van der Waals surface area contributed by atoms with Gasteiger partial charge in [-0.25, -0.2) is 9.97 Å². The molecule has 1 aromatic heterocycles. The number of benzene rings is 1. The van der Waals surface area contributed by atoms with Crippen molar-refractivity contribution in [3.05, 3.63) is 24.5 Å².